The predicted molar refractivity (Wildman–Crippen MR) is 124 cm³/mol. The summed E-state index contributed by atoms with van der Waals surface area (Å²) in [5, 5.41) is 10.4. The molecule has 1 N–H and O–H groups in total. The maximum atomic E-state index is 10.4. The van der Waals surface area contributed by atoms with Crippen molar-refractivity contribution in [2.24, 2.45) is 0 Å². The zero-order valence-corrected chi connectivity index (χ0v) is 18.7. The Labute approximate surface area is 180 Å². The number of aliphatic hydroxyl groups is 1. The van der Waals surface area contributed by atoms with Gasteiger partial charge in [-0.25, -0.2) is 0 Å². The van der Waals surface area contributed by atoms with Crippen molar-refractivity contribution in [2.45, 2.75) is 58.2 Å². The highest BCUT2D eigenvalue weighted by Gasteiger charge is 2.37. The first-order valence-electron chi connectivity index (χ1n) is 10.4. The van der Waals surface area contributed by atoms with Crippen molar-refractivity contribution < 1.29 is 9.76 Å². The van der Waals surface area contributed by atoms with Gasteiger partial charge >= 0.3 is 7.48 Å². The second-order valence-electron chi connectivity index (χ2n) is 9.73. The highest BCUT2D eigenvalue weighted by atomic mass is 16.5. The molecule has 4 rings (SSSR count). The van der Waals surface area contributed by atoms with Gasteiger partial charge in [0, 0.05) is 17.8 Å². The first kappa shape index (κ1) is 20.8. The van der Waals surface area contributed by atoms with Crippen LogP contribution in [0.2, 0.25) is 0 Å². The van der Waals surface area contributed by atoms with Crippen molar-refractivity contribution >= 4 is 12.9 Å². The molecule has 2 aromatic carbocycles. The Morgan fingerprint density at radius 1 is 0.833 bits per heavy atom. The quantitative estimate of drug-likeness (QED) is 0.624. The average Bonchev–Trinajstić information content (AvgIpc) is 2.93. The second-order valence-corrected chi connectivity index (χ2v) is 9.73. The van der Waals surface area contributed by atoms with Crippen molar-refractivity contribution in [3.8, 4) is 22.3 Å². The summed E-state index contributed by atoms with van der Waals surface area (Å²) in [4.78, 5) is 4.13. The van der Waals surface area contributed by atoms with Crippen LogP contribution in [0.5, 0.6) is 0 Å². The Morgan fingerprint density at radius 2 is 1.43 bits per heavy atom. The summed E-state index contributed by atoms with van der Waals surface area (Å²) in [5.41, 5.74) is 6.83. The average molecular weight is 398 g/mol. The third kappa shape index (κ3) is 3.48. The van der Waals surface area contributed by atoms with Crippen molar-refractivity contribution in [3.63, 3.8) is 0 Å². The van der Waals surface area contributed by atoms with Crippen LogP contribution in [-0.4, -0.2) is 28.8 Å². The molecule has 0 fully saturated rings. The number of nitrogens with zero attached hydrogens (tertiary/aromatic N) is 1. The molecule has 0 amide bonds. The van der Waals surface area contributed by atoms with Crippen LogP contribution >= 0.6 is 0 Å². The fourth-order valence-electron chi connectivity index (χ4n) is 3.91. The van der Waals surface area contributed by atoms with Gasteiger partial charge in [-0.3, -0.25) is 4.98 Å². The molecule has 0 saturated carbocycles. The Kier molecular flexibility index (Phi) is 4.91. The number of hydrogen-bond acceptors (Lipinski definition) is 3. The molecular formula is C26H29BNO2. The van der Waals surface area contributed by atoms with Crippen LogP contribution in [-0.2, 0) is 10.1 Å². The summed E-state index contributed by atoms with van der Waals surface area (Å²) < 4.78 is 5.98. The maximum absolute atomic E-state index is 10.4. The third-order valence-electron chi connectivity index (χ3n) is 6.68. The molecule has 0 atom stereocenters. The maximum Gasteiger partial charge on any atom is 0.330 e. The molecule has 0 spiro atoms. The zero-order valence-electron chi connectivity index (χ0n) is 18.7. The van der Waals surface area contributed by atoms with Gasteiger partial charge in [-0.2, -0.15) is 0 Å². The lowest BCUT2D eigenvalue weighted by atomic mass is 9.77. The molecule has 1 aliphatic rings. The Balaban J connectivity index is 1.67. The summed E-state index contributed by atoms with van der Waals surface area (Å²) in [7, 11) is 1.76. The molecule has 4 heteroatoms. The lowest BCUT2D eigenvalue weighted by Crippen LogP contribution is -2.49. The van der Waals surface area contributed by atoms with Crippen LogP contribution in [0.3, 0.4) is 0 Å². The van der Waals surface area contributed by atoms with E-state index in [1.54, 1.807) is 21.3 Å². The molecule has 0 saturated heterocycles. The Morgan fingerprint density at radius 3 is 2.07 bits per heavy atom. The molecule has 1 aliphatic carbocycles. The van der Waals surface area contributed by atoms with E-state index in [9.17, 15) is 5.11 Å². The van der Waals surface area contributed by atoms with E-state index in [0.717, 1.165) is 5.46 Å². The molecule has 0 bridgehead atoms. The Bertz CT molecular complexity index is 1080. The van der Waals surface area contributed by atoms with Gasteiger partial charge in [0.25, 0.3) is 0 Å². The first-order chi connectivity index (χ1) is 14.0. The molecule has 153 valence electrons. The van der Waals surface area contributed by atoms with Gasteiger partial charge in [0.15, 0.2) is 0 Å². The number of benzene rings is 2. The smallest absolute Gasteiger partial charge is 0.330 e. The first-order valence-corrected chi connectivity index (χ1v) is 10.4. The van der Waals surface area contributed by atoms with Gasteiger partial charge in [-0.1, -0.05) is 49.6 Å². The van der Waals surface area contributed by atoms with E-state index < -0.39 is 11.2 Å². The summed E-state index contributed by atoms with van der Waals surface area (Å²) in [5.74, 6) is 0. The van der Waals surface area contributed by atoms with Crippen molar-refractivity contribution in [2.75, 3.05) is 0 Å². The monoisotopic (exact) mass is 398 g/mol. The Hall–Kier alpha value is -2.43. The summed E-state index contributed by atoms with van der Waals surface area (Å²) >= 11 is 0. The molecule has 1 radical (unpaired) electrons. The fourth-order valence-corrected chi connectivity index (χ4v) is 3.91. The van der Waals surface area contributed by atoms with Crippen LogP contribution in [0.4, 0.5) is 0 Å². The molecule has 0 aliphatic heterocycles. The number of hydrogen-bond donors (Lipinski definition) is 1. The summed E-state index contributed by atoms with van der Waals surface area (Å²) in [6.45, 7) is 11.9. The zero-order chi connectivity index (χ0) is 21.7. The van der Waals surface area contributed by atoms with E-state index in [0.29, 0.717) is 0 Å². The highest BCUT2D eigenvalue weighted by molar-refractivity contribution is 6.47. The van der Waals surface area contributed by atoms with E-state index in [-0.39, 0.29) is 5.41 Å². The highest BCUT2D eigenvalue weighted by Crippen LogP contribution is 2.49. The predicted octanol–water partition coefficient (Wildman–Crippen LogP) is 4.87. The van der Waals surface area contributed by atoms with Crippen LogP contribution in [0.15, 0.2) is 60.9 Å². The minimum Gasteiger partial charge on any atom is -0.427 e. The number of rotatable bonds is 5. The van der Waals surface area contributed by atoms with E-state index in [1.165, 1.54) is 33.4 Å². The van der Waals surface area contributed by atoms with E-state index >= 15 is 0 Å². The molecule has 1 aromatic heterocycles. The van der Waals surface area contributed by atoms with Gasteiger partial charge in [-0.05, 0) is 79.3 Å². The van der Waals surface area contributed by atoms with Gasteiger partial charge in [0.05, 0.1) is 11.2 Å². The molecule has 3 nitrogen and oxygen atoms in total. The fraction of sp³-hybridized carbons (Fsp3) is 0.346. The van der Waals surface area contributed by atoms with E-state index in [2.05, 4.69) is 55.2 Å². The third-order valence-corrected chi connectivity index (χ3v) is 6.68. The lowest BCUT2D eigenvalue weighted by molar-refractivity contribution is -0.0893. The molecule has 30 heavy (non-hydrogen) atoms. The summed E-state index contributed by atoms with van der Waals surface area (Å²) in [6.07, 6.45) is 3.67. The van der Waals surface area contributed by atoms with E-state index in [1.807, 2.05) is 38.4 Å². The minimum absolute atomic E-state index is 0.108. The SMILES string of the molecule is CC1(C)c2cc([B]OC(C)(C)C(C)(C)O)ccc2-c2ccc(-c3ccncc3)cc21. The van der Waals surface area contributed by atoms with Crippen molar-refractivity contribution in [3.05, 3.63) is 72.1 Å². The molecular weight excluding hydrogens is 369 g/mol. The van der Waals surface area contributed by atoms with Gasteiger partial charge in [-0.15, -0.1) is 0 Å². The van der Waals surface area contributed by atoms with Crippen LogP contribution in [0.25, 0.3) is 22.3 Å². The topological polar surface area (TPSA) is 42.4 Å². The standard InChI is InChI=1S/C26H29BNO2/c1-24(2)22-15-18(17-11-13-28-14-12-17)7-9-20(22)21-10-8-19(16-23(21)24)27-30-26(5,6)25(3,4)29/h7-16,29H,1-6H3. The largest absolute Gasteiger partial charge is 0.427 e. The molecule has 3 aromatic rings. The van der Waals surface area contributed by atoms with Crippen LogP contribution < -0.4 is 5.46 Å². The van der Waals surface area contributed by atoms with Crippen LogP contribution in [0.1, 0.15) is 52.7 Å². The normalized spacial score (nSPS) is 14.9. The van der Waals surface area contributed by atoms with Gasteiger partial charge < -0.3 is 9.76 Å². The van der Waals surface area contributed by atoms with Gasteiger partial charge in [0.1, 0.15) is 0 Å². The lowest BCUT2D eigenvalue weighted by Gasteiger charge is -2.37. The number of aromatic nitrogens is 1. The van der Waals surface area contributed by atoms with Crippen LogP contribution in [0, 0.1) is 0 Å². The molecule has 1 heterocycles. The summed E-state index contributed by atoms with van der Waals surface area (Å²) in [6, 6.07) is 17.3. The van der Waals surface area contributed by atoms with E-state index in [4.69, 9.17) is 4.65 Å². The number of fused-ring (bicyclic) bond motifs is 3. The number of pyridine rings is 1. The minimum atomic E-state index is -0.945. The van der Waals surface area contributed by atoms with Crippen molar-refractivity contribution in [1.29, 1.82) is 0 Å². The van der Waals surface area contributed by atoms with Crippen molar-refractivity contribution in [1.82, 2.24) is 4.98 Å². The van der Waals surface area contributed by atoms with Gasteiger partial charge in [0.2, 0.25) is 0 Å². The second kappa shape index (κ2) is 7.07. The molecule has 0 unspecified atom stereocenters.